The molecule has 10 heteroatoms. The summed E-state index contributed by atoms with van der Waals surface area (Å²) < 4.78 is 57.6. The van der Waals surface area contributed by atoms with Gasteiger partial charge in [0.2, 0.25) is 0 Å². The Labute approximate surface area is 143 Å². The zero-order valence-electron chi connectivity index (χ0n) is 13.3. The fourth-order valence-electron chi connectivity index (χ4n) is 2.53. The Bertz CT molecular complexity index is 996. The fourth-order valence-corrected chi connectivity index (χ4v) is 4.03. The molecular weight excluding hydrogens is 353 g/mol. The van der Waals surface area contributed by atoms with Gasteiger partial charge in [-0.25, -0.2) is 0 Å². The van der Waals surface area contributed by atoms with Crippen molar-refractivity contribution in [2.75, 3.05) is 18.0 Å². The van der Waals surface area contributed by atoms with E-state index in [2.05, 4.69) is 5.00 Å². The molecule has 6 nitrogen and oxygen atoms in total. The number of methoxy groups -OCH3 is 1. The zero-order chi connectivity index (χ0) is 18.4. The summed E-state index contributed by atoms with van der Waals surface area (Å²) in [5, 5.41) is 15.0. The number of fused-ring (bicyclic) bond motifs is 1. The van der Waals surface area contributed by atoms with Crippen molar-refractivity contribution in [2.45, 2.75) is 11.8 Å². The van der Waals surface area contributed by atoms with Gasteiger partial charge in [0.1, 0.15) is 0 Å². The molecule has 1 N–H and O–H groups in total. The summed E-state index contributed by atoms with van der Waals surface area (Å²) in [5.74, 6) is -2.91. The van der Waals surface area contributed by atoms with Gasteiger partial charge in [0.15, 0.2) is 0 Å². The van der Waals surface area contributed by atoms with Crippen LogP contribution in [0.5, 0.6) is 11.5 Å². The first kappa shape index (κ1) is 17.3. The van der Waals surface area contributed by atoms with E-state index in [0.717, 1.165) is 5.01 Å². The number of phenolic OH excluding ortho intramolecular Hbond substituents is 1. The van der Waals surface area contributed by atoms with E-state index in [0.29, 0.717) is 6.07 Å². The second-order valence-corrected chi connectivity index (χ2v) is 7.38. The predicted molar refractivity (Wildman–Crippen MR) is 88.1 cm³/mol. The third-order valence-electron chi connectivity index (χ3n) is 3.88. The van der Waals surface area contributed by atoms with E-state index < -0.39 is 27.3 Å². The van der Waals surface area contributed by atoms with Crippen LogP contribution in [0.25, 0.3) is 0 Å². The maximum atomic E-state index is 13.8. The average molecular weight is 366 g/mol. The molecule has 130 valence electrons. The summed E-state index contributed by atoms with van der Waals surface area (Å²) in [4.78, 5) is -0.326. The SMILES string of the molecule is COc1ccc(N2CS(=O)(=O)c3cc(F)c(F)c(C)c3B=N2)cc1O. The number of phenols is 1. The van der Waals surface area contributed by atoms with Gasteiger partial charge in [-0.05, 0) is 0 Å². The van der Waals surface area contributed by atoms with E-state index in [4.69, 9.17) is 4.74 Å². The minimum atomic E-state index is -3.98. The maximum absolute atomic E-state index is 13.8. The van der Waals surface area contributed by atoms with E-state index in [9.17, 15) is 22.3 Å². The van der Waals surface area contributed by atoms with Crippen molar-refractivity contribution in [2.24, 2.45) is 5.00 Å². The molecule has 2 aromatic rings. The number of aromatic hydroxyl groups is 1. The summed E-state index contributed by atoms with van der Waals surface area (Å²) in [6.45, 7) is 1.29. The molecule has 0 bridgehead atoms. The van der Waals surface area contributed by atoms with Crippen molar-refractivity contribution in [1.82, 2.24) is 0 Å². The van der Waals surface area contributed by atoms with Gasteiger partial charge in [0.25, 0.3) is 0 Å². The standard InChI is InChI=1S/C15H13BF2N2O4S/c1-8-14-13(6-10(17)15(8)18)25(22,23)7-20(19-16-14)9-3-4-12(24-2)11(21)5-9/h3-6,21H,7H2,1-2H3. The third-order valence-corrected chi connectivity index (χ3v) is 5.47. The van der Waals surface area contributed by atoms with Crippen LogP contribution >= 0.6 is 0 Å². The van der Waals surface area contributed by atoms with Crippen molar-refractivity contribution >= 4 is 28.1 Å². The molecule has 1 heterocycles. The number of anilines is 1. The summed E-state index contributed by atoms with van der Waals surface area (Å²) in [7, 11) is -1.44. The number of halogens is 2. The molecule has 0 atom stereocenters. The summed E-state index contributed by atoms with van der Waals surface area (Å²) in [5.41, 5.74) is 0.144. The molecular formula is C15H13BF2N2O4S. The summed E-state index contributed by atoms with van der Waals surface area (Å²) in [6.07, 6.45) is 0. The first-order chi connectivity index (χ1) is 11.7. The van der Waals surface area contributed by atoms with Crippen LogP contribution in [0, 0.1) is 18.6 Å². The quantitative estimate of drug-likeness (QED) is 0.646. The van der Waals surface area contributed by atoms with Crippen molar-refractivity contribution in [3.63, 3.8) is 0 Å². The van der Waals surface area contributed by atoms with Crippen LogP contribution < -0.4 is 15.2 Å². The molecule has 0 saturated carbocycles. The molecule has 1 aliphatic rings. The Morgan fingerprint density at radius 1 is 1.32 bits per heavy atom. The summed E-state index contributed by atoms with van der Waals surface area (Å²) >= 11 is 0. The number of nitrogens with zero attached hydrogens (tertiary/aromatic N) is 2. The van der Waals surface area contributed by atoms with E-state index in [-0.39, 0.29) is 33.1 Å². The minimum absolute atomic E-state index is 0.000802. The Balaban J connectivity index is 2.12. The number of benzene rings is 2. The molecule has 0 radical (unpaired) electrons. The molecule has 0 amide bonds. The van der Waals surface area contributed by atoms with Crippen LogP contribution in [0.3, 0.4) is 0 Å². The monoisotopic (exact) mass is 366 g/mol. The zero-order valence-corrected chi connectivity index (χ0v) is 14.1. The fraction of sp³-hybridized carbons (Fsp3) is 0.200. The molecule has 0 aliphatic carbocycles. The van der Waals surface area contributed by atoms with Crippen LogP contribution in [-0.2, 0) is 9.84 Å². The normalized spacial score (nSPS) is 15.3. The number of sulfone groups is 1. The number of hydrogen-bond acceptors (Lipinski definition) is 6. The Hall–Kier alpha value is -2.49. The first-order valence-electron chi connectivity index (χ1n) is 7.14. The van der Waals surface area contributed by atoms with Crippen molar-refractivity contribution in [1.29, 1.82) is 0 Å². The second-order valence-electron chi connectivity index (χ2n) is 5.45. The van der Waals surface area contributed by atoms with E-state index in [1.54, 1.807) is 0 Å². The van der Waals surface area contributed by atoms with Gasteiger partial charge in [-0.3, -0.25) is 0 Å². The average Bonchev–Trinajstić information content (AvgIpc) is 2.69. The van der Waals surface area contributed by atoms with Gasteiger partial charge in [-0.1, -0.05) is 0 Å². The molecule has 0 unspecified atom stereocenters. The van der Waals surface area contributed by atoms with Gasteiger partial charge in [0, 0.05) is 0 Å². The van der Waals surface area contributed by atoms with Crippen molar-refractivity contribution in [3.05, 3.63) is 41.5 Å². The van der Waals surface area contributed by atoms with Crippen LogP contribution in [0.2, 0.25) is 0 Å². The van der Waals surface area contributed by atoms with Gasteiger partial charge >= 0.3 is 143 Å². The molecule has 0 spiro atoms. The van der Waals surface area contributed by atoms with Gasteiger partial charge in [-0.2, -0.15) is 0 Å². The molecule has 1 aliphatic heterocycles. The predicted octanol–water partition coefficient (Wildman–Crippen LogP) is 1.67. The number of rotatable bonds is 2. The summed E-state index contributed by atoms with van der Waals surface area (Å²) in [6, 6.07) is 4.91. The second kappa shape index (κ2) is 6.10. The van der Waals surface area contributed by atoms with Crippen molar-refractivity contribution < 1.29 is 27.0 Å². The molecule has 2 aromatic carbocycles. The first-order valence-corrected chi connectivity index (χ1v) is 8.79. The molecule has 0 saturated heterocycles. The number of hydrogen-bond donors (Lipinski definition) is 1. The van der Waals surface area contributed by atoms with Crippen molar-refractivity contribution in [3.8, 4) is 11.5 Å². The Morgan fingerprint density at radius 3 is 2.68 bits per heavy atom. The van der Waals surface area contributed by atoms with E-state index >= 15 is 0 Å². The van der Waals surface area contributed by atoms with Gasteiger partial charge < -0.3 is 0 Å². The van der Waals surface area contributed by atoms with Crippen LogP contribution in [0.4, 0.5) is 14.5 Å². The topological polar surface area (TPSA) is 79.2 Å². The third kappa shape index (κ3) is 2.97. The molecule has 0 aromatic heterocycles. The van der Waals surface area contributed by atoms with Crippen LogP contribution in [0.15, 0.2) is 34.2 Å². The molecule has 0 fully saturated rings. The van der Waals surface area contributed by atoms with Crippen LogP contribution in [0.1, 0.15) is 5.56 Å². The van der Waals surface area contributed by atoms with Crippen LogP contribution in [-0.4, -0.2) is 33.6 Å². The number of ether oxygens (including phenoxy) is 1. The molecule has 3 rings (SSSR count). The molecule has 25 heavy (non-hydrogen) atoms. The van der Waals surface area contributed by atoms with Gasteiger partial charge in [0.05, 0.1) is 0 Å². The Morgan fingerprint density at radius 2 is 2.04 bits per heavy atom. The van der Waals surface area contributed by atoms with E-state index in [1.807, 2.05) is 0 Å². The van der Waals surface area contributed by atoms with E-state index in [1.165, 1.54) is 39.3 Å². The Kier molecular flexibility index (Phi) is 4.23. The van der Waals surface area contributed by atoms with Gasteiger partial charge in [-0.15, -0.1) is 0 Å².